The van der Waals surface area contributed by atoms with Crippen molar-refractivity contribution >= 4 is 56.6 Å². The van der Waals surface area contributed by atoms with Gasteiger partial charge in [-0.2, -0.15) is 0 Å². The SMILES string of the molecule is CCOc1ccc(NC(=O)[C@H]2[C@H]3C(=O)N([C@@H](CO)CC(C)C)C(C(=O)Nc4ccc(Cl)cc4)C34CC(Br)[C@@H]2O4)cc1. The summed E-state index contributed by atoms with van der Waals surface area (Å²) in [4.78, 5) is 43.3. The summed E-state index contributed by atoms with van der Waals surface area (Å²) in [6.45, 7) is 6.09. The Balaban J connectivity index is 1.49. The molecule has 41 heavy (non-hydrogen) atoms. The van der Waals surface area contributed by atoms with E-state index in [9.17, 15) is 19.5 Å². The molecule has 1 spiro atoms. The van der Waals surface area contributed by atoms with Crippen molar-refractivity contribution in [3.63, 3.8) is 0 Å². The second-order valence-electron chi connectivity index (χ2n) is 11.3. The van der Waals surface area contributed by atoms with E-state index in [0.717, 1.165) is 0 Å². The fourth-order valence-corrected chi connectivity index (χ4v) is 7.72. The molecule has 0 aromatic heterocycles. The maximum atomic E-state index is 14.3. The van der Waals surface area contributed by atoms with Crippen LogP contribution in [0, 0.1) is 17.8 Å². The van der Waals surface area contributed by atoms with Crippen LogP contribution < -0.4 is 15.4 Å². The molecule has 0 radical (unpaired) electrons. The molecule has 9 nitrogen and oxygen atoms in total. The number of aliphatic hydroxyl groups excluding tert-OH is 1. The average molecular weight is 649 g/mol. The second kappa shape index (κ2) is 11.9. The van der Waals surface area contributed by atoms with Crippen LogP contribution in [-0.4, -0.2) is 69.6 Å². The van der Waals surface area contributed by atoms with E-state index in [0.29, 0.717) is 41.6 Å². The predicted molar refractivity (Wildman–Crippen MR) is 159 cm³/mol. The topological polar surface area (TPSA) is 117 Å². The van der Waals surface area contributed by atoms with Gasteiger partial charge in [0, 0.05) is 21.2 Å². The first-order valence-corrected chi connectivity index (χ1v) is 15.2. The Morgan fingerprint density at radius 3 is 2.32 bits per heavy atom. The normalized spacial score (nSPS) is 29.0. The third kappa shape index (κ3) is 5.47. The number of amides is 3. The van der Waals surface area contributed by atoms with E-state index in [2.05, 4.69) is 26.6 Å². The van der Waals surface area contributed by atoms with Crippen molar-refractivity contribution in [2.24, 2.45) is 17.8 Å². The second-order valence-corrected chi connectivity index (χ2v) is 12.9. The molecule has 3 aliphatic heterocycles. The molecule has 0 saturated carbocycles. The molecule has 3 unspecified atom stereocenters. The van der Waals surface area contributed by atoms with Crippen LogP contribution in [0.4, 0.5) is 11.4 Å². The number of hydrogen-bond donors (Lipinski definition) is 3. The predicted octanol–water partition coefficient (Wildman–Crippen LogP) is 4.47. The zero-order valence-electron chi connectivity index (χ0n) is 23.2. The fourth-order valence-electron chi connectivity index (χ4n) is 6.65. The quantitative estimate of drug-likeness (QED) is 0.328. The van der Waals surface area contributed by atoms with Crippen LogP contribution in [0.3, 0.4) is 0 Å². The maximum absolute atomic E-state index is 14.3. The molecule has 2 aromatic rings. The highest BCUT2D eigenvalue weighted by molar-refractivity contribution is 9.09. The Labute approximate surface area is 253 Å². The fraction of sp³-hybridized carbons (Fsp3) is 0.500. The van der Waals surface area contributed by atoms with Gasteiger partial charge < -0.3 is 30.1 Å². The number of nitrogens with one attached hydrogen (secondary N) is 2. The van der Waals surface area contributed by atoms with Gasteiger partial charge in [0.2, 0.25) is 17.7 Å². The number of likely N-dealkylation sites (tertiary alicyclic amines) is 1. The van der Waals surface area contributed by atoms with E-state index in [4.69, 9.17) is 21.1 Å². The van der Waals surface area contributed by atoms with Gasteiger partial charge in [-0.15, -0.1) is 0 Å². The van der Waals surface area contributed by atoms with E-state index in [1.165, 1.54) is 4.90 Å². The Morgan fingerprint density at radius 1 is 1.12 bits per heavy atom. The maximum Gasteiger partial charge on any atom is 0.250 e. The minimum Gasteiger partial charge on any atom is -0.494 e. The number of rotatable bonds is 10. The van der Waals surface area contributed by atoms with Crippen molar-refractivity contribution in [2.45, 2.75) is 62.2 Å². The zero-order chi connectivity index (χ0) is 29.5. The largest absolute Gasteiger partial charge is 0.494 e. The lowest BCUT2D eigenvalue weighted by Crippen LogP contribution is -2.56. The summed E-state index contributed by atoms with van der Waals surface area (Å²) < 4.78 is 12.0. The van der Waals surface area contributed by atoms with Crippen molar-refractivity contribution in [1.82, 2.24) is 4.90 Å². The number of halogens is 2. The monoisotopic (exact) mass is 647 g/mol. The molecule has 2 bridgehead atoms. The lowest BCUT2D eigenvalue weighted by molar-refractivity contribution is -0.143. The van der Waals surface area contributed by atoms with Crippen molar-refractivity contribution in [2.75, 3.05) is 23.8 Å². The van der Waals surface area contributed by atoms with Crippen LogP contribution in [0.1, 0.15) is 33.6 Å². The Bertz CT molecular complexity index is 1290. The Kier molecular flexibility index (Phi) is 8.66. The summed E-state index contributed by atoms with van der Waals surface area (Å²) in [7, 11) is 0. The van der Waals surface area contributed by atoms with Crippen LogP contribution in [0.15, 0.2) is 48.5 Å². The molecule has 3 heterocycles. The zero-order valence-corrected chi connectivity index (χ0v) is 25.5. The number of hydrogen-bond acceptors (Lipinski definition) is 6. The van der Waals surface area contributed by atoms with Crippen LogP contribution in [0.2, 0.25) is 5.02 Å². The van der Waals surface area contributed by atoms with Gasteiger partial charge in [0.05, 0.1) is 37.2 Å². The summed E-state index contributed by atoms with van der Waals surface area (Å²) in [5.74, 6) is -2.02. The molecular weight excluding hydrogens is 614 g/mol. The third-order valence-electron chi connectivity index (χ3n) is 8.17. The van der Waals surface area contributed by atoms with E-state index < -0.39 is 41.5 Å². The summed E-state index contributed by atoms with van der Waals surface area (Å²) in [5.41, 5.74) is -0.157. The molecule has 3 N–H and O–H groups in total. The molecule has 3 fully saturated rings. The Hall–Kier alpha value is -2.66. The molecule has 7 atom stereocenters. The molecule has 5 rings (SSSR count). The number of aliphatic hydroxyl groups is 1. The lowest BCUT2D eigenvalue weighted by atomic mass is 9.70. The molecule has 2 aromatic carbocycles. The molecule has 3 aliphatic rings. The van der Waals surface area contributed by atoms with Crippen molar-refractivity contribution in [3.05, 3.63) is 53.6 Å². The number of anilines is 2. The van der Waals surface area contributed by atoms with Gasteiger partial charge in [0.1, 0.15) is 17.4 Å². The van der Waals surface area contributed by atoms with Crippen molar-refractivity contribution < 1.29 is 29.0 Å². The minimum atomic E-state index is -1.24. The summed E-state index contributed by atoms with van der Waals surface area (Å²) in [5, 5.41) is 16.8. The number of benzene rings is 2. The van der Waals surface area contributed by atoms with Gasteiger partial charge in [0.25, 0.3) is 0 Å². The summed E-state index contributed by atoms with van der Waals surface area (Å²) in [6.07, 6.45) is 0.257. The third-order valence-corrected chi connectivity index (χ3v) is 9.27. The molecule has 3 saturated heterocycles. The van der Waals surface area contributed by atoms with Gasteiger partial charge in [-0.3, -0.25) is 14.4 Å². The van der Waals surface area contributed by atoms with Gasteiger partial charge in [-0.1, -0.05) is 41.4 Å². The number of carbonyl (C=O) groups excluding carboxylic acids is 3. The number of alkyl halides is 1. The summed E-state index contributed by atoms with van der Waals surface area (Å²) in [6, 6.07) is 12.1. The van der Waals surface area contributed by atoms with Crippen molar-refractivity contribution in [3.8, 4) is 5.75 Å². The molecule has 220 valence electrons. The van der Waals surface area contributed by atoms with Crippen LogP contribution in [0.5, 0.6) is 5.75 Å². The smallest absolute Gasteiger partial charge is 0.250 e. The van der Waals surface area contributed by atoms with Crippen LogP contribution >= 0.6 is 27.5 Å². The van der Waals surface area contributed by atoms with E-state index in [1.54, 1.807) is 48.5 Å². The number of ether oxygens (including phenoxy) is 2. The number of fused-ring (bicyclic) bond motifs is 1. The standard InChI is InChI=1S/C30H35BrClN3O6/c1-4-40-21-11-9-19(10-12-21)33-27(37)23-24-29(39)35(20(15-36)13-16(2)3)26(30(24)14-22(31)25(23)41-30)28(38)34-18-7-5-17(32)6-8-18/h5-12,16,20,22-26,36H,4,13-15H2,1-3H3,(H,33,37)(H,34,38)/t20-,22?,23+,24+,25+,26?,30?/m1/s1. The van der Waals surface area contributed by atoms with Crippen molar-refractivity contribution in [1.29, 1.82) is 0 Å². The first-order valence-electron chi connectivity index (χ1n) is 13.9. The van der Waals surface area contributed by atoms with Crippen LogP contribution in [-0.2, 0) is 19.1 Å². The van der Waals surface area contributed by atoms with Gasteiger partial charge >= 0.3 is 0 Å². The van der Waals surface area contributed by atoms with E-state index in [-0.39, 0.29) is 29.2 Å². The highest BCUT2D eigenvalue weighted by Crippen LogP contribution is 2.60. The molecular formula is C30H35BrClN3O6. The first kappa shape index (κ1) is 29.8. The van der Waals surface area contributed by atoms with Crippen LogP contribution in [0.25, 0.3) is 0 Å². The lowest BCUT2D eigenvalue weighted by Gasteiger charge is -2.37. The highest BCUT2D eigenvalue weighted by Gasteiger charge is 2.77. The van der Waals surface area contributed by atoms with E-state index in [1.807, 2.05) is 20.8 Å². The minimum absolute atomic E-state index is 0.151. The molecule has 11 heteroatoms. The summed E-state index contributed by atoms with van der Waals surface area (Å²) >= 11 is 9.71. The number of carbonyl (C=O) groups is 3. The molecule has 0 aliphatic carbocycles. The molecule has 3 amide bonds. The number of nitrogens with zero attached hydrogens (tertiary/aromatic N) is 1. The highest BCUT2D eigenvalue weighted by atomic mass is 79.9. The van der Waals surface area contributed by atoms with Gasteiger partial charge in [-0.05, 0) is 74.2 Å². The van der Waals surface area contributed by atoms with Gasteiger partial charge in [-0.25, -0.2) is 0 Å². The Morgan fingerprint density at radius 2 is 1.73 bits per heavy atom. The average Bonchev–Trinajstić information content (AvgIpc) is 3.53. The van der Waals surface area contributed by atoms with E-state index >= 15 is 0 Å². The van der Waals surface area contributed by atoms with Gasteiger partial charge in [0.15, 0.2) is 0 Å². The first-order chi connectivity index (χ1) is 19.6.